The van der Waals surface area contributed by atoms with Crippen molar-refractivity contribution < 1.29 is 14.3 Å². The molecule has 106 valence electrons. The number of rotatable bonds is 1. The molecule has 2 bridgehead atoms. The topological polar surface area (TPSA) is 71.5 Å². The Morgan fingerprint density at radius 3 is 3.10 bits per heavy atom. The van der Waals surface area contributed by atoms with Crippen molar-refractivity contribution in [3.63, 3.8) is 0 Å². The van der Waals surface area contributed by atoms with Crippen LogP contribution in [0.15, 0.2) is 18.5 Å². The van der Waals surface area contributed by atoms with Crippen molar-refractivity contribution in [2.45, 2.75) is 6.04 Å². The van der Waals surface area contributed by atoms with E-state index in [1.165, 1.54) is 12.4 Å². The predicted octanol–water partition coefficient (Wildman–Crippen LogP) is 0.322. The van der Waals surface area contributed by atoms with E-state index in [0.717, 1.165) is 0 Å². The van der Waals surface area contributed by atoms with Gasteiger partial charge in [0, 0.05) is 25.5 Å². The maximum Gasteiger partial charge on any atom is 0.255 e. The Morgan fingerprint density at radius 2 is 2.30 bits per heavy atom. The van der Waals surface area contributed by atoms with Crippen molar-refractivity contribution >= 4 is 23.4 Å². The van der Waals surface area contributed by atoms with Gasteiger partial charge in [-0.1, -0.05) is 11.6 Å². The number of carbonyl (C=O) groups is 2. The first-order valence-corrected chi connectivity index (χ1v) is 6.80. The Hall–Kier alpha value is -1.66. The van der Waals surface area contributed by atoms with Crippen molar-refractivity contribution in [1.82, 2.24) is 15.2 Å². The van der Waals surface area contributed by atoms with Crippen LogP contribution in [0.25, 0.3) is 0 Å². The lowest BCUT2D eigenvalue weighted by Gasteiger charge is -2.27. The number of fused-ring (bicyclic) bond motifs is 3. The minimum absolute atomic E-state index is 0.0522. The number of hydrogen-bond donors (Lipinski definition) is 1. The first-order valence-electron chi connectivity index (χ1n) is 6.42. The molecule has 2 fully saturated rings. The minimum atomic E-state index is -0.327. The molecule has 0 aromatic carbocycles. The van der Waals surface area contributed by atoms with Crippen LogP contribution in [-0.2, 0) is 9.53 Å². The van der Waals surface area contributed by atoms with Crippen LogP contribution in [0.3, 0.4) is 0 Å². The third-order valence-corrected chi connectivity index (χ3v) is 3.83. The molecule has 2 saturated heterocycles. The standard InChI is InChI=1S/C13H14ClN3O3/c14-11-3-15-2-1-10(11)13(19)17-4-8-6-20-7-9(5-17)16-12(8)18/h1-3,8-9H,4-7H2,(H,16,18)/t8-,9+/m1/s1. The summed E-state index contributed by atoms with van der Waals surface area (Å²) in [6.07, 6.45) is 2.98. The highest BCUT2D eigenvalue weighted by atomic mass is 35.5. The Labute approximate surface area is 121 Å². The van der Waals surface area contributed by atoms with Crippen LogP contribution >= 0.6 is 11.6 Å². The molecule has 0 saturated carbocycles. The highest BCUT2D eigenvalue weighted by Crippen LogP contribution is 2.20. The average molecular weight is 296 g/mol. The quantitative estimate of drug-likeness (QED) is 0.810. The van der Waals surface area contributed by atoms with Crippen molar-refractivity contribution in [1.29, 1.82) is 0 Å². The molecular weight excluding hydrogens is 282 g/mol. The van der Waals surface area contributed by atoms with Crippen molar-refractivity contribution in [3.8, 4) is 0 Å². The lowest BCUT2D eigenvalue weighted by Crippen LogP contribution is -2.44. The number of hydrogen-bond acceptors (Lipinski definition) is 4. The third kappa shape index (κ3) is 2.48. The number of carbonyl (C=O) groups excluding carboxylic acids is 2. The molecule has 2 atom stereocenters. The first-order chi connectivity index (χ1) is 9.65. The van der Waals surface area contributed by atoms with Crippen LogP contribution in [0.5, 0.6) is 0 Å². The fourth-order valence-electron chi connectivity index (χ4n) is 2.51. The molecule has 0 spiro atoms. The van der Waals surface area contributed by atoms with E-state index < -0.39 is 0 Å². The summed E-state index contributed by atoms with van der Waals surface area (Å²) in [5, 5.41) is 3.21. The van der Waals surface area contributed by atoms with Crippen LogP contribution < -0.4 is 5.32 Å². The molecule has 6 nitrogen and oxygen atoms in total. The molecule has 3 heterocycles. The first kappa shape index (κ1) is 13.3. The smallest absolute Gasteiger partial charge is 0.255 e. The molecule has 20 heavy (non-hydrogen) atoms. The Bertz CT molecular complexity index is 551. The Morgan fingerprint density at radius 1 is 1.45 bits per heavy atom. The third-order valence-electron chi connectivity index (χ3n) is 3.53. The van der Waals surface area contributed by atoms with Crippen LogP contribution in [0.2, 0.25) is 5.02 Å². The van der Waals surface area contributed by atoms with Gasteiger partial charge in [-0.3, -0.25) is 14.6 Å². The largest absolute Gasteiger partial charge is 0.378 e. The summed E-state index contributed by atoms with van der Waals surface area (Å²) >= 11 is 6.01. The highest BCUT2D eigenvalue weighted by Gasteiger charge is 2.35. The second-order valence-electron chi connectivity index (χ2n) is 5.01. The van der Waals surface area contributed by atoms with Crippen LogP contribution in [0.4, 0.5) is 0 Å². The van der Waals surface area contributed by atoms with E-state index >= 15 is 0 Å². The van der Waals surface area contributed by atoms with Gasteiger partial charge in [-0.15, -0.1) is 0 Å². The summed E-state index contributed by atoms with van der Waals surface area (Å²) in [6, 6.07) is 1.43. The molecule has 7 heteroatoms. The van der Waals surface area contributed by atoms with Crippen LogP contribution in [0.1, 0.15) is 10.4 Å². The maximum absolute atomic E-state index is 12.5. The molecular formula is C13H14ClN3O3. The second-order valence-corrected chi connectivity index (χ2v) is 5.41. The predicted molar refractivity (Wildman–Crippen MR) is 71.4 cm³/mol. The monoisotopic (exact) mass is 295 g/mol. The van der Waals surface area contributed by atoms with E-state index in [1.54, 1.807) is 11.0 Å². The van der Waals surface area contributed by atoms with Gasteiger partial charge in [0.2, 0.25) is 5.91 Å². The molecule has 0 radical (unpaired) electrons. The number of nitrogens with one attached hydrogen (secondary N) is 1. The van der Waals surface area contributed by atoms with E-state index in [4.69, 9.17) is 16.3 Å². The fraction of sp³-hybridized carbons (Fsp3) is 0.462. The van der Waals surface area contributed by atoms with Gasteiger partial charge in [0.05, 0.1) is 35.8 Å². The highest BCUT2D eigenvalue weighted by molar-refractivity contribution is 6.33. The molecule has 3 rings (SSSR count). The number of halogens is 1. The number of aromatic nitrogens is 1. The van der Waals surface area contributed by atoms with E-state index in [0.29, 0.717) is 36.9 Å². The molecule has 0 unspecified atom stereocenters. The minimum Gasteiger partial charge on any atom is -0.378 e. The van der Waals surface area contributed by atoms with Gasteiger partial charge in [0.25, 0.3) is 5.91 Å². The van der Waals surface area contributed by atoms with Crippen LogP contribution in [-0.4, -0.2) is 54.0 Å². The number of nitrogens with zero attached hydrogens (tertiary/aromatic N) is 2. The Balaban J connectivity index is 1.85. The molecule has 1 aromatic heterocycles. The SMILES string of the molecule is O=C1N[C@@H]2COC[C@H]1CN(C(=O)c1ccncc1Cl)C2. The van der Waals surface area contributed by atoms with Crippen molar-refractivity contribution in [3.05, 3.63) is 29.0 Å². The van der Waals surface area contributed by atoms with E-state index in [2.05, 4.69) is 10.3 Å². The summed E-state index contributed by atoms with van der Waals surface area (Å²) < 4.78 is 5.43. The second kappa shape index (κ2) is 5.38. The summed E-state index contributed by atoms with van der Waals surface area (Å²) in [5.74, 6) is -0.554. The molecule has 1 N–H and O–H groups in total. The van der Waals surface area contributed by atoms with Crippen molar-refractivity contribution in [2.75, 3.05) is 26.3 Å². The van der Waals surface area contributed by atoms with Gasteiger partial charge in [-0.25, -0.2) is 0 Å². The van der Waals surface area contributed by atoms with E-state index in [-0.39, 0.29) is 23.8 Å². The average Bonchev–Trinajstić information content (AvgIpc) is 2.67. The zero-order valence-electron chi connectivity index (χ0n) is 10.7. The number of ether oxygens (including phenoxy) is 1. The molecule has 2 aliphatic heterocycles. The lowest BCUT2D eigenvalue weighted by atomic mass is 10.1. The van der Waals surface area contributed by atoms with Gasteiger partial charge in [-0.05, 0) is 6.07 Å². The van der Waals surface area contributed by atoms with Crippen molar-refractivity contribution in [2.24, 2.45) is 5.92 Å². The van der Waals surface area contributed by atoms with E-state index in [9.17, 15) is 9.59 Å². The van der Waals surface area contributed by atoms with Gasteiger partial charge in [0.1, 0.15) is 0 Å². The molecule has 2 aliphatic rings. The summed E-state index contributed by atoms with van der Waals surface area (Å²) in [5.41, 5.74) is 0.412. The van der Waals surface area contributed by atoms with Gasteiger partial charge >= 0.3 is 0 Å². The number of amides is 2. The van der Waals surface area contributed by atoms with Crippen LogP contribution in [0, 0.1) is 5.92 Å². The summed E-state index contributed by atoms with van der Waals surface area (Å²) in [7, 11) is 0. The number of pyridine rings is 1. The summed E-state index contributed by atoms with van der Waals surface area (Å²) in [4.78, 5) is 30.0. The normalized spacial score (nSPS) is 25.9. The lowest BCUT2D eigenvalue weighted by molar-refractivity contribution is -0.125. The molecule has 2 amide bonds. The Kier molecular flexibility index (Phi) is 3.58. The zero-order valence-corrected chi connectivity index (χ0v) is 11.5. The van der Waals surface area contributed by atoms with Gasteiger partial charge in [-0.2, -0.15) is 0 Å². The maximum atomic E-state index is 12.5. The molecule has 0 aliphatic carbocycles. The zero-order chi connectivity index (χ0) is 14.1. The summed E-state index contributed by atoms with van der Waals surface area (Å²) in [6.45, 7) is 1.55. The van der Waals surface area contributed by atoms with E-state index in [1.807, 2.05) is 0 Å². The fourth-order valence-corrected chi connectivity index (χ4v) is 2.71. The molecule has 1 aromatic rings. The van der Waals surface area contributed by atoms with Gasteiger partial charge in [0.15, 0.2) is 0 Å². The van der Waals surface area contributed by atoms with Gasteiger partial charge < -0.3 is 15.0 Å².